The van der Waals surface area contributed by atoms with Crippen molar-refractivity contribution in [3.63, 3.8) is 0 Å². The molecule has 23 heavy (non-hydrogen) atoms. The number of ether oxygens (including phenoxy) is 1. The monoisotopic (exact) mass is 313 g/mol. The summed E-state index contributed by atoms with van der Waals surface area (Å²) in [4.78, 5) is 12.3. The summed E-state index contributed by atoms with van der Waals surface area (Å²) >= 11 is 0. The lowest BCUT2D eigenvalue weighted by atomic mass is 9.48. The highest BCUT2D eigenvalue weighted by molar-refractivity contribution is 5.75. The maximum absolute atomic E-state index is 12.3. The summed E-state index contributed by atoms with van der Waals surface area (Å²) in [5, 5.41) is 0. The van der Waals surface area contributed by atoms with Gasteiger partial charge in [0, 0.05) is 0 Å². The third-order valence-corrected chi connectivity index (χ3v) is 6.34. The highest BCUT2D eigenvalue weighted by atomic mass is 16.5. The molecule has 4 aliphatic rings. The van der Waals surface area contributed by atoms with Crippen LogP contribution in [0.25, 0.3) is 0 Å². The number of hydrogen-bond acceptors (Lipinski definition) is 3. The lowest BCUT2D eigenvalue weighted by Crippen LogP contribution is -2.49. The van der Waals surface area contributed by atoms with E-state index in [2.05, 4.69) is 0 Å². The van der Waals surface area contributed by atoms with Crippen LogP contribution < -0.4 is 5.73 Å². The molecule has 0 spiro atoms. The molecule has 4 bridgehead atoms. The molecule has 0 amide bonds. The zero-order valence-electron chi connectivity index (χ0n) is 13.7. The Bertz CT molecular complexity index is 533. The zero-order chi connectivity index (χ0) is 15.9. The van der Waals surface area contributed by atoms with Gasteiger partial charge >= 0.3 is 5.97 Å². The number of hydrogen-bond donors (Lipinski definition) is 1. The lowest BCUT2D eigenvalue weighted by molar-refractivity contribution is -0.149. The van der Waals surface area contributed by atoms with Gasteiger partial charge in [-0.2, -0.15) is 0 Å². The van der Waals surface area contributed by atoms with Crippen molar-refractivity contribution in [3.05, 3.63) is 35.9 Å². The Morgan fingerprint density at radius 3 is 2.22 bits per heavy atom. The van der Waals surface area contributed by atoms with E-state index in [1.54, 1.807) is 0 Å². The lowest BCUT2D eigenvalue weighted by Gasteiger charge is -2.57. The molecule has 0 aromatic heterocycles. The molecule has 5 rings (SSSR count). The Kier molecular flexibility index (Phi) is 3.92. The van der Waals surface area contributed by atoms with Gasteiger partial charge in [-0.05, 0) is 73.7 Å². The topological polar surface area (TPSA) is 52.3 Å². The van der Waals surface area contributed by atoms with E-state index in [9.17, 15) is 4.79 Å². The molecule has 1 aromatic rings. The van der Waals surface area contributed by atoms with Crippen LogP contribution in [-0.4, -0.2) is 12.0 Å². The Morgan fingerprint density at radius 1 is 1.09 bits per heavy atom. The highest BCUT2D eigenvalue weighted by Crippen LogP contribution is 2.61. The van der Waals surface area contributed by atoms with Gasteiger partial charge in [0.1, 0.15) is 12.6 Å². The molecule has 4 aliphatic carbocycles. The average molecular weight is 313 g/mol. The number of benzene rings is 1. The largest absolute Gasteiger partial charge is 0.460 e. The molecular formula is C20H27NO2. The van der Waals surface area contributed by atoms with Crippen LogP contribution in [0, 0.1) is 23.2 Å². The fraction of sp³-hybridized carbons (Fsp3) is 0.650. The molecule has 4 saturated carbocycles. The van der Waals surface area contributed by atoms with Gasteiger partial charge in [-0.25, -0.2) is 0 Å². The van der Waals surface area contributed by atoms with Crippen LogP contribution in [0.2, 0.25) is 0 Å². The maximum atomic E-state index is 12.3. The Balaban J connectivity index is 1.34. The first kappa shape index (κ1) is 15.2. The first-order valence-corrected chi connectivity index (χ1v) is 9.08. The predicted molar refractivity (Wildman–Crippen MR) is 89.4 cm³/mol. The van der Waals surface area contributed by atoms with Gasteiger partial charge in [0.05, 0.1) is 0 Å². The second-order valence-electron chi connectivity index (χ2n) is 8.32. The van der Waals surface area contributed by atoms with E-state index < -0.39 is 6.04 Å². The minimum Gasteiger partial charge on any atom is -0.460 e. The summed E-state index contributed by atoms with van der Waals surface area (Å²) in [6.45, 7) is 0.328. The standard InChI is InChI=1S/C20H27NO2/c21-18(19(22)23-13-14-4-2-1-3-5-14)12-20-9-15-6-16(10-20)8-17(7-15)11-20/h1-5,15-18H,6-13,21H2. The molecule has 0 aliphatic heterocycles. The van der Waals surface area contributed by atoms with E-state index in [0.717, 1.165) is 29.7 Å². The summed E-state index contributed by atoms with van der Waals surface area (Å²) in [6, 6.07) is 9.35. The number of rotatable bonds is 5. The fourth-order valence-electron chi connectivity index (χ4n) is 5.93. The molecule has 2 N–H and O–H groups in total. The molecule has 3 nitrogen and oxygen atoms in total. The van der Waals surface area contributed by atoms with Crippen molar-refractivity contribution in [3.8, 4) is 0 Å². The van der Waals surface area contributed by atoms with Crippen molar-refractivity contribution in [2.45, 2.75) is 57.6 Å². The van der Waals surface area contributed by atoms with Crippen LogP contribution in [-0.2, 0) is 16.1 Å². The van der Waals surface area contributed by atoms with Gasteiger partial charge in [-0.15, -0.1) is 0 Å². The van der Waals surface area contributed by atoms with Gasteiger partial charge in [-0.3, -0.25) is 4.79 Å². The van der Waals surface area contributed by atoms with Gasteiger partial charge < -0.3 is 10.5 Å². The van der Waals surface area contributed by atoms with E-state index in [1.165, 1.54) is 38.5 Å². The first-order chi connectivity index (χ1) is 11.1. The summed E-state index contributed by atoms with van der Waals surface area (Å²) in [6.07, 6.45) is 8.97. The van der Waals surface area contributed by atoms with Crippen molar-refractivity contribution in [2.75, 3.05) is 0 Å². The van der Waals surface area contributed by atoms with Crippen LogP contribution in [0.3, 0.4) is 0 Å². The Hall–Kier alpha value is -1.35. The molecular weight excluding hydrogens is 286 g/mol. The summed E-state index contributed by atoms with van der Waals surface area (Å²) in [5.41, 5.74) is 7.58. The van der Waals surface area contributed by atoms with Crippen LogP contribution in [0.15, 0.2) is 30.3 Å². The minimum atomic E-state index is -0.463. The van der Waals surface area contributed by atoms with Crippen LogP contribution in [0.4, 0.5) is 0 Å². The number of carbonyl (C=O) groups excluding carboxylic acids is 1. The van der Waals surface area contributed by atoms with Crippen LogP contribution >= 0.6 is 0 Å². The molecule has 0 saturated heterocycles. The third-order valence-electron chi connectivity index (χ3n) is 6.34. The third kappa shape index (κ3) is 3.16. The average Bonchev–Trinajstić information content (AvgIpc) is 2.51. The van der Waals surface area contributed by atoms with Gasteiger partial charge in [0.25, 0.3) is 0 Å². The van der Waals surface area contributed by atoms with E-state index in [0.29, 0.717) is 12.0 Å². The van der Waals surface area contributed by atoms with E-state index in [-0.39, 0.29) is 5.97 Å². The van der Waals surface area contributed by atoms with Crippen molar-refractivity contribution in [2.24, 2.45) is 28.9 Å². The second kappa shape index (κ2) is 5.94. The number of nitrogens with two attached hydrogens (primary N) is 1. The summed E-state index contributed by atoms with van der Waals surface area (Å²) in [5.74, 6) is 2.46. The molecule has 124 valence electrons. The Morgan fingerprint density at radius 2 is 1.65 bits per heavy atom. The Labute approximate surface area is 138 Å². The molecule has 0 heterocycles. The summed E-state index contributed by atoms with van der Waals surface area (Å²) in [7, 11) is 0. The SMILES string of the molecule is NC(CC12CC3CC(CC(C3)C1)C2)C(=O)OCc1ccccc1. The van der Waals surface area contributed by atoms with Crippen LogP contribution in [0.5, 0.6) is 0 Å². The number of esters is 1. The normalized spacial score (nSPS) is 36.0. The molecule has 1 unspecified atom stereocenters. The zero-order valence-corrected chi connectivity index (χ0v) is 13.7. The van der Waals surface area contributed by atoms with Crippen LogP contribution in [0.1, 0.15) is 50.5 Å². The molecule has 1 aromatic carbocycles. The van der Waals surface area contributed by atoms with E-state index in [4.69, 9.17) is 10.5 Å². The van der Waals surface area contributed by atoms with Gasteiger partial charge in [0.15, 0.2) is 0 Å². The summed E-state index contributed by atoms with van der Waals surface area (Å²) < 4.78 is 5.44. The predicted octanol–water partition coefficient (Wildman–Crippen LogP) is 3.66. The van der Waals surface area contributed by atoms with Crippen molar-refractivity contribution in [1.29, 1.82) is 0 Å². The second-order valence-corrected chi connectivity index (χ2v) is 8.32. The van der Waals surface area contributed by atoms with Crippen molar-refractivity contribution >= 4 is 5.97 Å². The highest BCUT2D eigenvalue weighted by Gasteiger charge is 2.51. The maximum Gasteiger partial charge on any atom is 0.323 e. The first-order valence-electron chi connectivity index (χ1n) is 9.08. The van der Waals surface area contributed by atoms with E-state index in [1.807, 2.05) is 30.3 Å². The van der Waals surface area contributed by atoms with E-state index >= 15 is 0 Å². The molecule has 4 fully saturated rings. The van der Waals surface area contributed by atoms with Gasteiger partial charge in [0.2, 0.25) is 0 Å². The smallest absolute Gasteiger partial charge is 0.323 e. The molecule has 1 atom stereocenters. The minimum absolute atomic E-state index is 0.232. The molecule has 0 radical (unpaired) electrons. The van der Waals surface area contributed by atoms with Crippen molar-refractivity contribution < 1.29 is 9.53 Å². The van der Waals surface area contributed by atoms with Crippen molar-refractivity contribution in [1.82, 2.24) is 0 Å². The quantitative estimate of drug-likeness (QED) is 0.844. The fourth-order valence-corrected chi connectivity index (χ4v) is 5.93. The number of carbonyl (C=O) groups is 1. The van der Waals surface area contributed by atoms with Gasteiger partial charge in [-0.1, -0.05) is 30.3 Å². The molecule has 3 heteroatoms.